The Hall–Kier alpha value is -2.82. The van der Waals surface area contributed by atoms with Crippen molar-refractivity contribution in [1.29, 1.82) is 0 Å². The molecule has 0 unspecified atom stereocenters. The molecular weight excluding hydrogens is 382 g/mol. The van der Waals surface area contributed by atoms with Gasteiger partial charge < -0.3 is 15.0 Å². The van der Waals surface area contributed by atoms with E-state index >= 15 is 0 Å². The lowest BCUT2D eigenvalue weighted by Crippen LogP contribution is -2.15. The second-order valence-corrected chi connectivity index (χ2v) is 7.42. The first-order chi connectivity index (χ1) is 14.3. The van der Waals surface area contributed by atoms with Crippen LogP contribution in [0.25, 0.3) is 11.0 Å². The first-order valence-corrected chi connectivity index (χ1v) is 10.3. The summed E-state index contributed by atoms with van der Waals surface area (Å²) in [4.78, 5) is 8.00. The van der Waals surface area contributed by atoms with E-state index in [1.807, 2.05) is 54.6 Å². The average molecular weight is 406 g/mol. The Morgan fingerprint density at radius 2 is 1.83 bits per heavy atom. The number of aryl methyl sites for hydroxylation is 1. The SMILES string of the molecule is Clc1ccccc1COc1cccc(CNCCCc2nc3ccccc3[nH]2)c1. The molecule has 29 heavy (non-hydrogen) atoms. The van der Waals surface area contributed by atoms with Crippen molar-refractivity contribution >= 4 is 22.6 Å². The maximum absolute atomic E-state index is 6.19. The topological polar surface area (TPSA) is 49.9 Å². The first-order valence-electron chi connectivity index (χ1n) is 9.87. The van der Waals surface area contributed by atoms with Gasteiger partial charge >= 0.3 is 0 Å². The Morgan fingerprint density at radius 3 is 2.72 bits per heavy atom. The largest absolute Gasteiger partial charge is 0.489 e. The predicted octanol–water partition coefficient (Wildman–Crippen LogP) is 5.52. The average Bonchev–Trinajstić information content (AvgIpc) is 3.16. The molecule has 148 valence electrons. The number of benzene rings is 3. The number of halogens is 1. The van der Waals surface area contributed by atoms with Gasteiger partial charge in [-0.05, 0) is 48.9 Å². The molecule has 0 fully saturated rings. The molecule has 0 aliphatic carbocycles. The van der Waals surface area contributed by atoms with Crippen molar-refractivity contribution in [3.8, 4) is 5.75 Å². The zero-order chi connectivity index (χ0) is 19.9. The molecule has 0 aliphatic rings. The molecule has 1 heterocycles. The highest BCUT2D eigenvalue weighted by Gasteiger charge is 2.03. The van der Waals surface area contributed by atoms with Gasteiger partial charge in [0.05, 0.1) is 11.0 Å². The molecule has 5 heteroatoms. The van der Waals surface area contributed by atoms with Crippen molar-refractivity contribution < 1.29 is 4.74 Å². The number of H-pyrrole nitrogens is 1. The number of hydrogen-bond donors (Lipinski definition) is 2. The Bertz CT molecular complexity index is 1040. The maximum Gasteiger partial charge on any atom is 0.120 e. The van der Waals surface area contributed by atoms with E-state index in [9.17, 15) is 0 Å². The number of aromatic amines is 1. The Labute approximate surface area is 175 Å². The lowest BCUT2D eigenvalue weighted by Gasteiger charge is -2.10. The monoisotopic (exact) mass is 405 g/mol. The van der Waals surface area contributed by atoms with Gasteiger partial charge in [0.2, 0.25) is 0 Å². The number of nitrogens with one attached hydrogen (secondary N) is 2. The summed E-state index contributed by atoms with van der Waals surface area (Å²) in [6.45, 7) is 2.21. The van der Waals surface area contributed by atoms with Crippen molar-refractivity contribution in [2.45, 2.75) is 26.0 Å². The maximum atomic E-state index is 6.19. The summed E-state index contributed by atoms with van der Waals surface area (Å²) in [7, 11) is 0. The molecule has 0 atom stereocenters. The number of nitrogens with zero attached hydrogens (tertiary/aromatic N) is 1. The molecule has 0 bridgehead atoms. The highest BCUT2D eigenvalue weighted by molar-refractivity contribution is 6.31. The molecule has 3 aromatic carbocycles. The van der Waals surface area contributed by atoms with Crippen molar-refractivity contribution in [3.05, 3.63) is 94.8 Å². The van der Waals surface area contributed by atoms with Gasteiger partial charge in [0.25, 0.3) is 0 Å². The van der Waals surface area contributed by atoms with Crippen LogP contribution in [0.1, 0.15) is 23.4 Å². The molecule has 4 rings (SSSR count). The molecule has 4 nitrogen and oxygen atoms in total. The third kappa shape index (κ3) is 5.37. The van der Waals surface area contributed by atoms with Gasteiger partial charge in [-0.15, -0.1) is 0 Å². The smallest absolute Gasteiger partial charge is 0.120 e. The summed E-state index contributed by atoms with van der Waals surface area (Å²) in [5.41, 5.74) is 4.32. The van der Waals surface area contributed by atoms with Gasteiger partial charge in [-0.25, -0.2) is 4.98 Å². The van der Waals surface area contributed by atoms with E-state index in [4.69, 9.17) is 16.3 Å². The minimum Gasteiger partial charge on any atom is -0.489 e. The van der Waals surface area contributed by atoms with Crippen LogP contribution in [0.4, 0.5) is 0 Å². The van der Waals surface area contributed by atoms with Crippen LogP contribution in [0.15, 0.2) is 72.8 Å². The second-order valence-electron chi connectivity index (χ2n) is 7.01. The third-order valence-corrected chi connectivity index (χ3v) is 5.15. The molecule has 0 aliphatic heterocycles. The molecule has 4 aromatic rings. The third-order valence-electron chi connectivity index (χ3n) is 4.79. The summed E-state index contributed by atoms with van der Waals surface area (Å²) in [6, 6.07) is 24.1. The van der Waals surface area contributed by atoms with Crippen LogP contribution in [0.5, 0.6) is 5.75 Å². The van der Waals surface area contributed by atoms with Crippen LogP contribution in [0, 0.1) is 0 Å². The van der Waals surface area contributed by atoms with E-state index in [-0.39, 0.29) is 0 Å². The fourth-order valence-electron chi connectivity index (χ4n) is 3.26. The standard InChI is InChI=1S/C24H24ClN3O/c25-21-10-2-1-8-19(21)17-29-20-9-5-7-18(15-20)16-26-14-6-13-24-27-22-11-3-4-12-23(22)28-24/h1-5,7-12,15,26H,6,13-14,16-17H2,(H,27,28). The van der Waals surface area contributed by atoms with Crippen LogP contribution >= 0.6 is 11.6 Å². The van der Waals surface area contributed by atoms with E-state index in [0.717, 1.165) is 59.1 Å². The second kappa shape index (κ2) is 9.59. The van der Waals surface area contributed by atoms with E-state index in [2.05, 4.69) is 33.5 Å². The van der Waals surface area contributed by atoms with E-state index < -0.39 is 0 Å². The van der Waals surface area contributed by atoms with E-state index in [0.29, 0.717) is 6.61 Å². The normalized spacial score (nSPS) is 11.1. The summed E-state index contributed by atoms with van der Waals surface area (Å²) >= 11 is 6.19. The first kappa shape index (κ1) is 19.5. The van der Waals surface area contributed by atoms with Gasteiger partial charge in [-0.3, -0.25) is 0 Å². The van der Waals surface area contributed by atoms with Gasteiger partial charge in [0.1, 0.15) is 18.2 Å². The predicted molar refractivity (Wildman–Crippen MR) is 118 cm³/mol. The molecular formula is C24H24ClN3O. The Morgan fingerprint density at radius 1 is 0.966 bits per heavy atom. The number of fused-ring (bicyclic) bond motifs is 1. The summed E-state index contributed by atoms with van der Waals surface area (Å²) in [6.07, 6.45) is 1.96. The highest BCUT2D eigenvalue weighted by atomic mass is 35.5. The van der Waals surface area contributed by atoms with Crippen LogP contribution in [0.2, 0.25) is 5.02 Å². The summed E-state index contributed by atoms with van der Waals surface area (Å²) in [5, 5.41) is 4.23. The number of hydrogen-bond acceptors (Lipinski definition) is 3. The molecule has 0 radical (unpaired) electrons. The van der Waals surface area contributed by atoms with Crippen LogP contribution in [0.3, 0.4) is 0 Å². The minimum absolute atomic E-state index is 0.466. The lowest BCUT2D eigenvalue weighted by atomic mass is 10.2. The lowest BCUT2D eigenvalue weighted by molar-refractivity contribution is 0.306. The summed E-state index contributed by atoms with van der Waals surface area (Å²) < 4.78 is 5.90. The highest BCUT2D eigenvalue weighted by Crippen LogP contribution is 2.19. The molecule has 0 spiro atoms. The van der Waals surface area contributed by atoms with Gasteiger partial charge in [-0.1, -0.05) is 54.1 Å². The van der Waals surface area contributed by atoms with Crippen molar-refractivity contribution in [1.82, 2.24) is 15.3 Å². The van der Waals surface area contributed by atoms with Gasteiger partial charge in [-0.2, -0.15) is 0 Å². The van der Waals surface area contributed by atoms with E-state index in [1.54, 1.807) is 0 Å². The molecule has 0 saturated heterocycles. The summed E-state index contributed by atoms with van der Waals surface area (Å²) in [5.74, 6) is 1.90. The van der Waals surface area contributed by atoms with Crippen LogP contribution in [-0.2, 0) is 19.6 Å². The van der Waals surface area contributed by atoms with Crippen molar-refractivity contribution in [2.75, 3.05) is 6.54 Å². The van der Waals surface area contributed by atoms with Crippen LogP contribution in [-0.4, -0.2) is 16.5 Å². The van der Waals surface area contributed by atoms with Gasteiger partial charge in [0.15, 0.2) is 0 Å². The van der Waals surface area contributed by atoms with Crippen LogP contribution < -0.4 is 10.1 Å². The molecule has 2 N–H and O–H groups in total. The number of rotatable bonds is 9. The van der Waals surface area contributed by atoms with E-state index in [1.165, 1.54) is 5.56 Å². The zero-order valence-corrected chi connectivity index (χ0v) is 17.0. The minimum atomic E-state index is 0.466. The van der Waals surface area contributed by atoms with Crippen molar-refractivity contribution in [2.24, 2.45) is 0 Å². The Kier molecular flexibility index (Phi) is 6.45. The molecule has 1 aromatic heterocycles. The Balaban J connectivity index is 1.21. The number of imidazole rings is 1. The van der Waals surface area contributed by atoms with Crippen molar-refractivity contribution in [3.63, 3.8) is 0 Å². The number of para-hydroxylation sites is 2. The molecule has 0 saturated carbocycles. The fourth-order valence-corrected chi connectivity index (χ4v) is 3.45. The number of aromatic nitrogens is 2. The quantitative estimate of drug-likeness (QED) is 0.360. The van der Waals surface area contributed by atoms with Gasteiger partial charge in [0, 0.05) is 23.6 Å². The fraction of sp³-hybridized carbons (Fsp3) is 0.208. The molecule has 0 amide bonds. The number of ether oxygens (including phenoxy) is 1. The zero-order valence-electron chi connectivity index (χ0n) is 16.2.